The highest BCUT2D eigenvalue weighted by atomic mass is 16.5. The maximum atomic E-state index is 12.2. The number of phenols is 1. The maximum Gasteiger partial charge on any atom is 0.201 e. The number of nitrogens with zero attached hydrogens (tertiary/aromatic N) is 1. The first-order chi connectivity index (χ1) is 11.0. The van der Waals surface area contributed by atoms with Crippen molar-refractivity contribution in [1.82, 2.24) is 4.90 Å². The van der Waals surface area contributed by atoms with Crippen LogP contribution in [0.3, 0.4) is 0 Å². The Labute approximate surface area is 136 Å². The minimum atomic E-state index is -0.159. The number of methoxy groups -OCH3 is 1. The molecule has 0 atom stereocenters. The van der Waals surface area contributed by atoms with E-state index in [1.165, 1.54) is 7.11 Å². The van der Waals surface area contributed by atoms with E-state index in [-0.39, 0.29) is 29.6 Å². The third-order valence-electron chi connectivity index (χ3n) is 3.30. The van der Waals surface area contributed by atoms with Crippen LogP contribution in [0.1, 0.15) is 15.9 Å². The number of ether oxygens (including phenoxy) is 2. The Morgan fingerprint density at radius 2 is 1.83 bits per heavy atom. The second-order valence-corrected chi connectivity index (χ2v) is 5.43. The van der Waals surface area contributed by atoms with Gasteiger partial charge in [-0.05, 0) is 31.8 Å². The number of carbonyl (C=O) groups excluding carboxylic acids is 1. The van der Waals surface area contributed by atoms with Crippen molar-refractivity contribution in [2.45, 2.75) is 6.61 Å². The summed E-state index contributed by atoms with van der Waals surface area (Å²) in [5.41, 5.74) is 1.32. The third kappa shape index (κ3) is 4.23. The van der Waals surface area contributed by atoms with Gasteiger partial charge in [-0.25, -0.2) is 0 Å². The SMILES string of the molecule is COc1c(C(=O)CN(C)C)ccc(OCc2ccccc2)c1O. The fraction of sp³-hybridized carbons (Fsp3) is 0.278. The van der Waals surface area contributed by atoms with Gasteiger partial charge < -0.3 is 19.5 Å². The molecule has 0 aromatic heterocycles. The summed E-state index contributed by atoms with van der Waals surface area (Å²) >= 11 is 0. The molecule has 2 rings (SSSR count). The number of hydrogen-bond acceptors (Lipinski definition) is 5. The Hall–Kier alpha value is -2.53. The van der Waals surface area contributed by atoms with Crippen LogP contribution in [-0.4, -0.2) is 43.5 Å². The number of phenolic OH excluding ortho intramolecular Hbond substituents is 1. The van der Waals surface area contributed by atoms with Gasteiger partial charge in [0.1, 0.15) is 6.61 Å². The summed E-state index contributed by atoms with van der Waals surface area (Å²) in [4.78, 5) is 14.0. The molecule has 0 saturated carbocycles. The van der Waals surface area contributed by atoms with Crippen molar-refractivity contribution in [2.75, 3.05) is 27.7 Å². The molecule has 0 saturated heterocycles. The van der Waals surface area contributed by atoms with Crippen LogP contribution in [0.25, 0.3) is 0 Å². The largest absolute Gasteiger partial charge is 0.502 e. The van der Waals surface area contributed by atoms with Crippen molar-refractivity contribution in [1.29, 1.82) is 0 Å². The van der Waals surface area contributed by atoms with Crippen LogP contribution in [0.4, 0.5) is 0 Å². The van der Waals surface area contributed by atoms with Crippen molar-refractivity contribution in [2.24, 2.45) is 0 Å². The van der Waals surface area contributed by atoms with E-state index < -0.39 is 0 Å². The minimum Gasteiger partial charge on any atom is -0.502 e. The molecule has 5 heteroatoms. The summed E-state index contributed by atoms with van der Waals surface area (Å²) in [5.74, 6) is 0.138. The average molecular weight is 315 g/mol. The number of likely N-dealkylation sites (N-methyl/N-ethyl adjacent to an activating group) is 1. The van der Waals surface area contributed by atoms with Gasteiger partial charge in [0.25, 0.3) is 0 Å². The molecule has 0 aliphatic heterocycles. The molecule has 0 amide bonds. The molecule has 0 spiro atoms. The van der Waals surface area contributed by atoms with Crippen molar-refractivity contribution in [3.05, 3.63) is 53.6 Å². The molecule has 122 valence electrons. The van der Waals surface area contributed by atoms with E-state index in [1.807, 2.05) is 44.4 Å². The summed E-state index contributed by atoms with van der Waals surface area (Å²) in [6.45, 7) is 0.558. The molecule has 0 aliphatic carbocycles. The van der Waals surface area contributed by atoms with Crippen LogP contribution in [0.15, 0.2) is 42.5 Å². The number of Topliss-reactive ketones (excluding diaryl/α,β-unsaturated/α-hetero) is 1. The average Bonchev–Trinajstić information content (AvgIpc) is 2.53. The first kappa shape index (κ1) is 16.8. The lowest BCUT2D eigenvalue weighted by Gasteiger charge is -2.15. The van der Waals surface area contributed by atoms with Crippen LogP contribution in [-0.2, 0) is 6.61 Å². The Morgan fingerprint density at radius 3 is 2.43 bits per heavy atom. The minimum absolute atomic E-state index is 0.128. The van der Waals surface area contributed by atoms with Crippen LogP contribution >= 0.6 is 0 Å². The highest BCUT2D eigenvalue weighted by Gasteiger charge is 2.20. The first-order valence-electron chi connectivity index (χ1n) is 7.27. The van der Waals surface area contributed by atoms with Crippen LogP contribution in [0.2, 0.25) is 0 Å². The van der Waals surface area contributed by atoms with Crippen LogP contribution in [0, 0.1) is 0 Å². The van der Waals surface area contributed by atoms with E-state index in [9.17, 15) is 9.90 Å². The fourth-order valence-electron chi connectivity index (χ4n) is 2.20. The highest BCUT2D eigenvalue weighted by Crippen LogP contribution is 2.39. The summed E-state index contributed by atoms with van der Waals surface area (Å²) in [7, 11) is 5.03. The number of benzene rings is 2. The molecule has 2 aromatic carbocycles. The molecule has 1 N–H and O–H groups in total. The van der Waals surface area contributed by atoms with Gasteiger partial charge in [-0.15, -0.1) is 0 Å². The van der Waals surface area contributed by atoms with Gasteiger partial charge >= 0.3 is 0 Å². The van der Waals surface area contributed by atoms with Crippen LogP contribution in [0.5, 0.6) is 17.2 Å². The van der Waals surface area contributed by atoms with E-state index >= 15 is 0 Å². The molecule has 0 radical (unpaired) electrons. The molecular formula is C18H21NO4. The Balaban J connectivity index is 2.21. The molecule has 0 bridgehead atoms. The molecule has 23 heavy (non-hydrogen) atoms. The fourth-order valence-corrected chi connectivity index (χ4v) is 2.20. The summed E-state index contributed by atoms with van der Waals surface area (Å²) in [6.07, 6.45) is 0. The van der Waals surface area contributed by atoms with Gasteiger partial charge in [-0.3, -0.25) is 4.79 Å². The maximum absolute atomic E-state index is 12.2. The first-order valence-corrected chi connectivity index (χ1v) is 7.27. The molecule has 2 aromatic rings. The quantitative estimate of drug-likeness (QED) is 0.796. The highest BCUT2D eigenvalue weighted by molar-refractivity contribution is 6.01. The molecular weight excluding hydrogens is 294 g/mol. The Kier molecular flexibility index (Phi) is 5.60. The Morgan fingerprint density at radius 1 is 1.13 bits per heavy atom. The molecule has 0 fully saturated rings. The van der Waals surface area contributed by atoms with Gasteiger partial charge in [0.2, 0.25) is 5.75 Å². The van der Waals surface area contributed by atoms with Crippen molar-refractivity contribution in [3.8, 4) is 17.2 Å². The predicted octanol–water partition coefficient (Wildman–Crippen LogP) is 2.72. The lowest BCUT2D eigenvalue weighted by Crippen LogP contribution is -2.22. The van der Waals surface area contributed by atoms with Gasteiger partial charge in [0.15, 0.2) is 17.3 Å². The van der Waals surface area contributed by atoms with Gasteiger partial charge in [0.05, 0.1) is 19.2 Å². The zero-order valence-corrected chi connectivity index (χ0v) is 13.6. The summed E-state index contributed by atoms with van der Waals surface area (Å²) in [5, 5.41) is 10.3. The van der Waals surface area contributed by atoms with Gasteiger partial charge in [-0.2, -0.15) is 0 Å². The lowest BCUT2D eigenvalue weighted by atomic mass is 10.1. The smallest absolute Gasteiger partial charge is 0.201 e. The van der Waals surface area contributed by atoms with Crippen LogP contribution < -0.4 is 9.47 Å². The predicted molar refractivity (Wildman–Crippen MR) is 88.3 cm³/mol. The Bertz CT molecular complexity index is 668. The second kappa shape index (κ2) is 7.65. The summed E-state index contributed by atoms with van der Waals surface area (Å²) in [6, 6.07) is 12.8. The van der Waals surface area contributed by atoms with Crippen molar-refractivity contribution >= 4 is 5.78 Å². The molecule has 0 aliphatic rings. The van der Waals surface area contributed by atoms with E-state index in [4.69, 9.17) is 9.47 Å². The van der Waals surface area contributed by atoms with E-state index in [0.29, 0.717) is 12.2 Å². The topological polar surface area (TPSA) is 59.0 Å². The molecule has 0 unspecified atom stereocenters. The number of ketones is 1. The van der Waals surface area contributed by atoms with E-state index in [2.05, 4.69) is 0 Å². The normalized spacial score (nSPS) is 10.6. The number of aromatic hydroxyl groups is 1. The van der Waals surface area contributed by atoms with Crippen molar-refractivity contribution in [3.63, 3.8) is 0 Å². The second-order valence-electron chi connectivity index (χ2n) is 5.43. The lowest BCUT2D eigenvalue weighted by molar-refractivity contribution is 0.0954. The monoisotopic (exact) mass is 315 g/mol. The van der Waals surface area contributed by atoms with Gasteiger partial charge in [-0.1, -0.05) is 30.3 Å². The van der Waals surface area contributed by atoms with Crippen molar-refractivity contribution < 1.29 is 19.4 Å². The number of hydrogen-bond donors (Lipinski definition) is 1. The number of carbonyl (C=O) groups is 1. The van der Waals surface area contributed by atoms with Gasteiger partial charge in [0, 0.05) is 0 Å². The zero-order chi connectivity index (χ0) is 16.8. The molecule has 0 heterocycles. The van der Waals surface area contributed by atoms with E-state index in [0.717, 1.165) is 5.56 Å². The summed E-state index contributed by atoms with van der Waals surface area (Å²) < 4.78 is 10.8. The third-order valence-corrected chi connectivity index (χ3v) is 3.30. The number of rotatable bonds is 7. The zero-order valence-electron chi connectivity index (χ0n) is 13.6. The van der Waals surface area contributed by atoms with E-state index in [1.54, 1.807) is 17.0 Å². The standard InChI is InChI=1S/C18H21NO4/c1-19(2)11-15(20)14-9-10-16(17(21)18(14)22-3)23-12-13-7-5-4-6-8-13/h4-10,21H,11-12H2,1-3H3. The molecule has 5 nitrogen and oxygen atoms in total.